The molecular weight excluding hydrogens is 437 g/mol. The molecule has 3 aromatic heterocycles. The summed E-state index contributed by atoms with van der Waals surface area (Å²) in [7, 11) is 0. The molecule has 28 heavy (non-hydrogen) atoms. The second kappa shape index (κ2) is 8.42. The third-order valence-electron chi connectivity index (χ3n) is 4.65. The molecule has 1 fully saturated rings. The highest BCUT2D eigenvalue weighted by Gasteiger charge is 2.24. The molecule has 1 unspecified atom stereocenters. The molecule has 0 aliphatic carbocycles. The Bertz CT molecular complexity index is 988. The van der Waals surface area contributed by atoms with Gasteiger partial charge in [0.05, 0.1) is 22.4 Å². The number of thiophene rings is 1. The number of hydrogen-bond acceptors (Lipinski definition) is 7. The first-order valence-electron chi connectivity index (χ1n) is 8.76. The summed E-state index contributed by atoms with van der Waals surface area (Å²) in [6.07, 6.45) is 5.10. The van der Waals surface area contributed by atoms with E-state index in [-0.39, 0.29) is 16.8 Å². The van der Waals surface area contributed by atoms with E-state index < -0.39 is 0 Å². The van der Waals surface area contributed by atoms with Crippen molar-refractivity contribution in [1.29, 1.82) is 0 Å². The molecule has 146 valence electrons. The van der Waals surface area contributed by atoms with E-state index in [9.17, 15) is 4.79 Å². The van der Waals surface area contributed by atoms with Gasteiger partial charge in [-0.05, 0) is 32.4 Å². The highest BCUT2D eigenvalue weighted by Crippen LogP contribution is 2.37. The number of nitrogens with zero attached hydrogens (tertiary/aromatic N) is 4. The lowest BCUT2D eigenvalue weighted by molar-refractivity contribution is 0.102. The van der Waals surface area contributed by atoms with Gasteiger partial charge in [-0.15, -0.1) is 11.3 Å². The van der Waals surface area contributed by atoms with Crippen LogP contribution < -0.4 is 5.32 Å². The summed E-state index contributed by atoms with van der Waals surface area (Å²) >= 11 is 14.8. The fraction of sp³-hybridized carbons (Fsp3) is 0.333. The van der Waals surface area contributed by atoms with Gasteiger partial charge in [0.1, 0.15) is 10.8 Å². The Morgan fingerprint density at radius 1 is 1.36 bits per heavy atom. The smallest absolute Gasteiger partial charge is 0.277 e. The highest BCUT2D eigenvalue weighted by molar-refractivity contribution is 7.16. The molecule has 1 N–H and O–H groups in total. The summed E-state index contributed by atoms with van der Waals surface area (Å²) in [5, 5.41) is 5.59. The molecule has 1 saturated heterocycles. The molecule has 0 saturated carbocycles. The summed E-state index contributed by atoms with van der Waals surface area (Å²) in [6.45, 7) is 4.13. The van der Waals surface area contributed by atoms with Crippen molar-refractivity contribution in [2.45, 2.75) is 32.4 Å². The minimum absolute atomic E-state index is 0.189. The van der Waals surface area contributed by atoms with Crippen molar-refractivity contribution in [3.63, 3.8) is 0 Å². The number of thiazole rings is 1. The summed E-state index contributed by atoms with van der Waals surface area (Å²) in [4.78, 5) is 28.6. The van der Waals surface area contributed by atoms with Crippen molar-refractivity contribution >= 4 is 56.9 Å². The van der Waals surface area contributed by atoms with E-state index in [1.807, 2.05) is 11.4 Å². The first kappa shape index (κ1) is 19.7. The maximum absolute atomic E-state index is 12.5. The topological polar surface area (TPSA) is 71.0 Å². The molecule has 4 rings (SSSR count). The van der Waals surface area contributed by atoms with Gasteiger partial charge in [-0.2, -0.15) is 0 Å². The van der Waals surface area contributed by atoms with Crippen LogP contribution >= 0.6 is 45.9 Å². The summed E-state index contributed by atoms with van der Waals surface area (Å²) in [5.74, 6) is -0.367. The normalized spacial score (nSPS) is 17.2. The van der Waals surface area contributed by atoms with Gasteiger partial charge >= 0.3 is 0 Å². The van der Waals surface area contributed by atoms with Crippen LogP contribution in [0, 0.1) is 0 Å². The van der Waals surface area contributed by atoms with E-state index in [2.05, 4.69) is 32.1 Å². The molecular formula is C18H17Cl2N5OS2. The first-order valence-corrected chi connectivity index (χ1v) is 11.2. The predicted octanol–water partition coefficient (Wildman–Crippen LogP) is 5.21. The first-order chi connectivity index (χ1) is 13.5. The maximum Gasteiger partial charge on any atom is 0.277 e. The summed E-state index contributed by atoms with van der Waals surface area (Å²) < 4.78 is 0.713. The molecule has 1 aliphatic rings. The second-order valence-electron chi connectivity index (χ2n) is 6.57. The quantitative estimate of drug-likeness (QED) is 0.574. The van der Waals surface area contributed by atoms with E-state index in [4.69, 9.17) is 23.2 Å². The van der Waals surface area contributed by atoms with Gasteiger partial charge in [-0.25, -0.2) is 15.0 Å². The zero-order chi connectivity index (χ0) is 19.7. The number of hydrogen-bond donors (Lipinski definition) is 1. The summed E-state index contributed by atoms with van der Waals surface area (Å²) in [5.41, 5.74) is 2.03. The van der Waals surface area contributed by atoms with E-state index in [1.54, 1.807) is 0 Å². The number of carbonyl (C=O) groups excluding carboxylic acids is 1. The van der Waals surface area contributed by atoms with Gasteiger partial charge in [0.25, 0.3) is 5.91 Å². The van der Waals surface area contributed by atoms with Crippen molar-refractivity contribution in [2.75, 3.05) is 11.9 Å². The fourth-order valence-corrected chi connectivity index (χ4v) is 5.14. The zero-order valence-electron chi connectivity index (χ0n) is 15.0. The Kier molecular flexibility index (Phi) is 5.93. The lowest BCUT2D eigenvalue weighted by atomic mass is 10.2. The molecule has 0 aromatic carbocycles. The predicted molar refractivity (Wildman–Crippen MR) is 115 cm³/mol. The van der Waals surface area contributed by atoms with Crippen LogP contribution in [0.15, 0.2) is 23.8 Å². The number of nitrogens with one attached hydrogen (secondary N) is 1. The Hall–Kier alpha value is -1.58. The number of halogens is 2. The monoisotopic (exact) mass is 453 g/mol. The maximum atomic E-state index is 12.5. The Morgan fingerprint density at radius 2 is 2.21 bits per heavy atom. The second-order valence-corrected chi connectivity index (χ2v) is 9.58. The van der Waals surface area contributed by atoms with Gasteiger partial charge < -0.3 is 0 Å². The highest BCUT2D eigenvalue weighted by atomic mass is 35.5. The van der Waals surface area contributed by atoms with Crippen LogP contribution in [0.3, 0.4) is 0 Å². The van der Waals surface area contributed by atoms with Crippen LogP contribution in [-0.2, 0) is 6.54 Å². The molecule has 0 spiro atoms. The lowest BCUT2D eigenvalue weighted by Gasteiger charge is -2.20. The van der Waals surface area contributed by atoms with Crippen molar-refractivity contribution in [1.82, 2.24) is 19.9 Å². The van der Waals surface area contributed by atoms with Gasteiger partial charge in [0.2, 0.25) is 0 Å². The number of rotatable bonds is 5. The van der Waals surface area contributed by atoms with Crippen LogP contribution in [0.5, 0.6) is 0 Å². The van der Waals surface area contributed by atoms with E-state index in [0.717, 1.165) is 29.2 Å². The Morgan fingerprint density at radius 3 is 2.86 bits per heavy atom. The Labute approximate surface area is 180 Å². The minimum atomic E-state index is -0.367. The minimum Gasteiger partial charge on any atom is -0.296 e. The fourth-order valence-electron chi connectivity index (χ4n) is 3.17. The van der Waals surface area contributed by atoms with Crippen molar-refractivity contribution in [3.8, 4) is 11.3 Å². The average Bonchev–Trinajstić information content (AvgIpc) is 3.37. The molecule has 0 radical (unpaired) electrons. The van der Waals surface area contributed by atoms with Gasteiger partial charge in [0, 0.05) is 28.4 Å². The standard InChI is InChI=1S/C18H17Cl2N5OS2/c1-10-3-2-4-25(10)8-13-16(11-5-15(20)27-9-11)23-18(28-13)24-17(26)12-6-22-14(19)7-21-12/h5-7,9-10H,2-4,8H2,1H3,(H,23,24,26). The third-order valence-corrected chi connectivity index (χ3v) is 6.89. The lowest BCUT2D eigenvalue weighted by Crippen LogP contribution is -2.25. The molecule has 1 atom stereocenters. The molecule has 6 nitrogen and oxygen atoms in total. The number of anilines is 1. The van der Waals surface area contributed by atoms with Crippen LogP contribution in [-0.4, -0.2) is 38.3 Å². The van der Waals surface area contributed by atoms with Gasteiger partial charge in [-0.3, -0.25) is 15.0 Å². The van der Waals surface area contributed by atoms with E-state index >= 15 is 0 Å². The SMILES string of the molecule is CC1CCCN1Cc1sc(NC(=O)c2cnc(Cl)cn2)nc1-c1csc(Cl)c1. The van der Waals surface area contributed by atoms with Gasteiger partial charge in [0.15, 0.2) is 5.13 Å². The van der Waals surface area contributed by atoms with E-state index in [1.165, 1.54) is 47.9 Å². The van der Waals surface area contributed by atoms with Crippen LogP contribution in [0.2, 0.25) is 9.49 Å². The zero-order valence-corrected chi connectivity index (χ0v) is 18.1. The van der Waals surface area contributed by atoms with Crippen molar-refractivity contribution in [3.05, 3.63) is 43.9 Å². The van der Waals surface area contributed by atoms with Crippen molar-refractivity contribution < 1.29 is 4.79 Å². The number of carbonyl (C=O) groups is 1. The van der Waals surface area contributed by atoms with Crippen molar-refractivity contribution in [2.24, 2.45) is 0 Å². The van der Waals surface area contributed by atoms with Crippen LogP contribution in [0.1, 0.15) is 35.1 Å². The Balaban J connectivity index is 1.60. The largest absolute Gasteiger partial charge is 0.296 e. The van der Waals surface area contributed by atoms with Crippen LogP contribution in [0.4, 0.5) is 5.13 Å². The molecule has 0 bridgehead atoms. The number of likely N-dealkylation sites (tertiary alicyclic amines) is 1. The van der Waals surface area contributed by atoms with Crippen LogP contribution in [0.25, 0.3) is 11.3 Å². The number of amides is 1. The molecule has 10 heteroatoms. The molecule has 1 aliphatic heterocycles. The summed E-state index contributed by atoms with van der Waals surface area (Å²) in [6, 6.07) is 2.46. The number of aromatic nitrogens is 3. The molecule has 4 heterocycles. The molecule has 3 aromatic rings. The average molecular weight is 454 g/mol. The van der Waals surface area contributed by atoms with Gasteiger partial charge in [-0.1, -0.05) is 34.5 Å². The third kappa shape index (κ3) is 4.36. The van der Waals surface area contributed by atoms with E-state index in [0.29, 0.717) is 15.5 Å². The molecule has 1 amide bonds.